The van der Waals surface area contributed by atoms with Crippen LogP contribution in [-0.4, -0.2) is 57.6 Å². The van der Waals surface area contributed by atoms with Gasteiger partial charge < -0.3 is 9.80 Å². The topological polar surface area (TPSA) is 58.4 Å². The molecule has 5 rings (SSSR count). The molecular formula is C22H23FN4O2S. The van der Waals surface area contributed by atoms with Gasteiger partial charge in [-0.3, -0.25) is 14.3 Å². The Morgan fingerprint density at radius 3 is 2.43 bits per heavy atom. The average Bonchev–Trinajstić information content (AvgIpc) is 3.44. The molecule has 1 aromatic carbocycles. The normalized spacial score (nSPS) is 17.0. The number of fused-ring (bicyclic) bond motifs is 1. The number of hydrogen-bond donors (Lipinski definition) is 0. The maximum absolute atomic E-state index is 13.2. The van der Waals surface area contributed by atoms with E-state index in [1.54, 1.807) is 12.1 Å². The molecule has 2 fully saturated rings. The van der Waals surface area contributed by atoms with Crippen molar-refractivity contribution in [3.63, 3.8) is 0 Å². The van der Waals surface area contributed by atoms with E-state index in [1.165, 1.54) is 23.5 Å². The zero-order valence-corrected chi connectivity index (χ0v) is 17.6. The number of thiophene rings is 1. The Morgan fingerprint density at radius 2 is 1.77 bits per heavy atom. The van der Waals surface area contributed by atoms with E-state index in [0.29, 0.717) is 37.6 Å². The van der Waals surface area contributed by atoms with Crippen LogP contribution in [0.25, 0.3) is 10.2 Å². The van der Waals surface area contributed by atoms with Crippen LogP contribution in [0.15, 0.2) is 30.3 Å². The fourth-order valence-corrected chi connectivity index (χ4v) is 5.09. The van der Waals surface area contributed by atoms with Crippen molar-refractivity contribution in [3.8, 4) is 0 Å². The zero-order chi connectivity index (χ0) is 20.8. The second-order valence-corrected chi connectivity index (χ2v) is 9.12. The van der Waals surface area contributed by atoms with Crippen molar-refractivity contribution in [2.24, 2.45) is 5.92 Å². The molecular weight excluding hydrogens is 403 g/mol. The highest BCUT2D eigenvalue weighted by Gasteiger charge is 2.35. The van der Waals surface area contributed by atoms with Crippen LogP contribution in [0.2, 0.25) is 0 Å². The minimum Gasteiger partial charge on any atom is -0.339 e. The summed E-state index contributed by atoms with van der Waals surface area (Å²) in [5, 5.41) is 5.58. The zero-order valence-electron chi connectivity index (χ0n) is 16.8. The molecule has 3 heterocycles. The molecule has 1 aliphatic carbocycles. The van der Waals surface area contributed by atoms with Gasteiger partial charge in [0.05, 0.1) is 17.1 Å². The van der Waals surface area contributed by atoms with Crippen LogP contribution in [0.1, 0.15) is 33.8 Å². The van der Waals surface area contributed by atoms with Crippen molar-refractivity contribution in [2.45, 2.75) is 26.3 Å². The minimum absolute atomic E-state index is 0.0162. The average molecular weight is 427 g/mol. The summed E-state index contributed by atoms with van der Waals surface area (Å²) >= 11 is 1.45. The van der Waals surface area contributed by atoms with Crippen LogP contribution in [0.5, 0.6) is 0 Å². The molecule has 1 saturated carbocycles. The summed E-state index contributed by atoms with van der Waals surface area (Å²) in [7, 11) is 0. The Labute approximate surface area is 177 Å². The standard InChI is InChI=1S/C22H23FN4O2S/c1-14-18-12-19(21(29)26-10-8-25(9-11-26)20(28)16-4-5-16)30-22(18)27(24-14)13-15-2-6-17(23)7-3-15/h2-3,6-7,12,16H,4-5,8-11,13H2,1H3. The van der Waals surface area contributed by atoms with Crippen LogP contribution >= 0.6 is 11.3 Å². The minimum atomic E-state index is -0.261. The first kappa shape index (κ1) is 19.2. The molecule has 1 saturated heterocycles. The molecule has 0 bridgehead atoms. The number of carbonyl (C=O) groups is 2. The number of amides is 2. The lowest BCUT2D eigenvalue weighted by molar-refractivity contribution is -0.134. The number of aromatic nitrogens is 2. The van der Waals surface area contributed by atoms with E-state index >= 15 is 0 Å². The summed E-state index contributed by atoms with van der Waals surface area (Å²) in [6, 6.07) is 8.31. The van der Waals surface area contributed by atoms with E-state index in [4.69, 9.17) is 0 Å². The van der Waals surface area contributed by atoms with Crippen LogP contribution in [0.3, 0.4) is 0 Å². The molecule has 1 aliphatic heterocycles. The van der Waals surface area contributed by atoms with Gasteiger partial charge in [-0.05, 0) is 43.5 Å². The van der Waals surface area contributed by atoms with Crippen molar-refractivity contribution in [1.29, 1.82) is 0 Å². The molecule has 3 aromatic rings. The van der Waals surface area contributed by atoms with Gasteiger partial charge in [-0.15, -0.1) is 11.3 Å². The summed E-state index contributed by atoms with van der Waals surface area (Å²) < 4.78 is 15.1. The summed E-state index contributed by atoms with van der Waals surface area (Å²) in [6.07, 6.45) is 2.02. The monoisotopic (exact) mass is 426 g/mol. The number of carbonyl (C=O) groups excluding carboxylic acids is 2. The summed E-state index contributed by atoms with van der Waals surface area (Å²) in [5.74, 6) is 0.230. The fraction of sp³-hybridized carbons (Fsp3) is 0.409. The van der Waals surface area contributed by atoms with Gasteiger partial charge in [0, 0.05) is 37.5 Å². The second-order valence-electron chi connectivity index (χ2n) is 8.09. The first-order valence-electron chi connectivity index (χ1n) is 10.3. The lowest BCUT2D eigenvalue weighted by Crippen LogP contribution is -2.50. The predicted molar refractivity (Wildman–Crippen MR) is 113 cm³/mol. The molecule has 0 unspecified atom stereocenters. The highest BCUT2D eigenvalue weighted by molar-refractivity contribution is 7.20. The van der Waals surface area contributed by atoms with Crippen molar-refractivity contribution < 1.29 is 14.0 Å². The van der Waals surface area contributed by atoms with Gasteiger partial charge >= 0.3 is 0 Å². The molecule has 0 N–H and O–H groups in total. The molecule has 30 heavy (non-hydrogen) atoms. The van der Waals surface area contributed by atoms with Gasteiger partial charge in [0.15, 0.2) is 0 Å². The Morgan fingerprint density at radius 1 is 1.10 bits per heavy atom. The van der Waals surface area contributed by atoms with E-state index in [0.717, 1.165) is 34.3 Å². The Kier molecular flexibility index (Phi) is 4.81. The van der Waals surface area contributed by atoms with E-state index in [9.17, 15) is 14.0 Å². The van der Waals surface area contributed by atoms with Crippen molar-refractivity contribution >= 4 is 33.4 Å². The Hall–Kier alpha value is -2.74. The van der Waals surface area contributed by atoms with Crippen molar-refractivity contribution in [3.05, 3.63) is 52.3 Å². The van der Waals surface area contributed by atoms with Crippen molar-refractivity contribution in [2.75, 3.05) is 26.2 Å². The molecule has 6 nitrogen and oxygen atoms in total. The Bertz CT molecular complexity index is 1110. The third-order valence-electron chi connectivity index (χ3n) is 5.87. The smallest absolute Gasteiger partial charge is 0.264 e. The van der Waals surface area contributed by atoms with E-state index in [-0.39, 0.29) is 23.5 Å². The van der Waals surface area contributed by atoms with E-state index < -0.39 is 0 Å². The lowest BCUT2D eigenvalue weighted by Gasteiger charge is -2.34. The predicted octanol–water partition coefficient (Wildman–Crippen LogP) is 3.29. The van der Waals surface area contributed by atoms with Gasteiger partial charge in [0.1, 0.15) is 10.6 Å². The number of halogens is 1. The van der Waals surface area contributed by atoms with Crippen LogP contribution in [0.4, 0.5) is 4.39 Å². The van der Waals surface area contributed by atoms with E-state index in [1.807, 2.05) is 27.5 Å². The number of rotatable bonds is 4. The molecule has 2 amide bonds. The van der Waals surface area contributed by atoms with Crippen LogP contribution in [-0.2, 0) is 11.3 Å². The van der Waals surface area contributed by atoms with Crippen LogP contribution < -0.4 is 0 Å². The Balaban J connectivity index is 1.31. The van der Waals surface area contributed by atoms with Gasteiger partial charge in [0.2, 0.25) is 5.91 Å². The summed E-state index contributed by atoms with van der Waals surface area (Å²) in [4.78, 5) is 30.7. The highest BCUT2D eigenvalue weighted by atomic mass is 32.1. The molecule has 8 heteroatoms. The number of aryl methyl sites for hydroxylation is 1. The third-order valence-corrected chi connectivity index (χ3v) is 7.01. The number of piperazine rings is 1. The molecule has 2 aliphatic rings. The largest absolute Gasteiger partial charge is 0.339 e. The quantitative estimate of drug-likeness (QED) is 0.643. The summed E-state index contributed by atoms with van der Waals surface area (Å²) in [6.45, 7) is 4.85. The first-order chi connectivity index (χ1) is 14.5. The lowest BCUT2D eigenvalue weighted by atomic mass is 10.2. The molecule has 0 radical (unpaired) electrons. The number of hydrogen-bond acceptors (Lipinski definition) is 4. The number of nitrogens with zero attached hydrogens (tertiary/aromatic N) is 4. The van der Waals surface area contributed by atoms with Gasteiger partial charge in [-0.25, -0.2) is 4.39 Å². The third kappa shape index (κ3) is 3.60. The van der Waals surface area contributed by atoms with Gasteiger partial charge in [0.25, 0.3) is 5.91 Å². The maximum atomic E-state index is 13.2. The SMILES string of the molecule is Cc1nn(Cc2ccc(F)cc2)c2sc(C(=O)N3CCN(C(=O)C4CC4)CC3)cc12. The number of benzene rings is 1. The van der Waals surface area contributed by atoms with Gasteiger partial charge in [-0.2, -0.15) is 5.10 Å². The molecule has 0 spiro atoms. The van der Waals surface area contributed by atoms with E-state index in [2.05, 4.69) is 5.10 Å². The molecule has 0 atom stereocenters. The second kappa shape index (κ2) is 7.50. The highest BCUT2D eigenvalue weighted by Crippen LogP contribution is 2.32. The van der Waals surface area contributed by atoms with Crippen molar-refractivity contribution in [1.82, 2.24) is 19.6 Å². The van der Waals surface area contributed by atoms with Crippen LogP contribution in [0, 0.1) is 18.7 Å². The maximum Gasteiger partial charge on any atom is 0.264 e. The fourth-order valence-electron chi connectivity index (χ4n) is 3.96. The molecule has 156 valence electrons. The van der Waals surface area contributed by atoms with Gasteiger partial charge in [-0.1, -0.05) is 12.1 Å². The molecule has 2 aromatic heterocycles. The first-order valence-corrected chi connectivity index (χ1v) is 11.1. The summed E-state index contributed by atoms with van der Waals surface area (Å²) in [5.41, 5.74) is 1.83.